The van der Waals surface area contributed by atoms with Gasteiger partial charge in [0.25, 0.3) is 0 Å². The highest BCUT2D eigenvalue weighted by Crippen LogP contribution is 2.24. The Morgan fingerprint density at radius 1 is 1.50 bits per heavy atom. The van der Waals surface area contributed by atoms with Crippen LogP contribution in [-0.4, -0.2) is 25.1 Å². The summed E-state index contributed by atoms with van der Waals surface area (Å²) >= 11 is 7.64. The van der Waals surface area contributed by atoms with Crippen molar-refractivity contribution >= 4 is 29.1 Å². The Hall–Kier alpha value is -0.850. The second-order valence-corrected chi connectivity index (χ2v) is 5.59. The fourth-order valence-corrected chi connectivity index (χ4v) is 2.53. The Kier molecular flexibility index (Phi) is 6.38. The lowest BCUT2D eigenvalue weighted by Gasteiger charge is -2.28. The zero-order chi connectivity index (χ0) is 13.5. The number of benzene rings is 1. The molecule has 98 valence electrons. The van der Waals surface area contributed by atoms with E-state index in [-0.39, 0.29) is 0 Å². The number of nitriles is 1. The highest BCUT2D eigenvalue weighted by atomic mass is 35.5. The molecule has 0 N–H and O–H groups in total. The first-order valence-electron chi connectivity index (χ1n) is 5.94. The highest BCUT2D eigenvalue weighted by Gasteiger charge is 2.13. The molecule has 0 amide bonds. The highest BCUT2D eigenvalue weighted by molar-refractivity contribution is 7.98. The van der Waals surface area contributed by atoms with Crippen LogP contribution in [0, 0.1) is 11.3 Å². The predicted octanol–water partition coefficient (Wildman–Crippen LogP) is 3.87. The van der Waals surface area contributed by atoms with Gasteiger partial charge >= 0.3 is 0 Å². The Labute approximate surface area is 119 Å². The molecule has 0 saturated heterocycles. The van der Waals surface area contributed by atoms with E-state index in [2.05, 4.69) is 24.1 Å². The van der Waals surface area contributed by atoms with Crippen LogP contribution in [0.5, 0.6) is 0 Å². The summed E-state index contributed by atoms with van der Waals surface area (Å²) < 4.78 is 0. The molecule has 18 heavy (non-hydrogen) atoms. The molecule has 4 heteroatoms. The first-order chi connectivity index (χ1) is 8.63. The van der Waals surface area contributed by atoms with E-state index in [1.807, 2.05) is 37.0 Å². The molecule has 0 spiro atoms. The van der Waals surface area contributed by atoms with Gasteiger partial charge in [-0.25, -0.2) is 0 Å². The van der Waals surface area contributed by atoms with Crippen LogP contribution in [0.4, 0.5) is 5.69 Å². The SMILES string of the molecule is CSCCC(C)N(C)c1ccc(CCl)cc1C#N. The number of alkyl halides is 1. The van der Waals surface area contributed by atoms with Crippen molar-refractivity contribution in [2.75, 3.05) is 24.0 Å². The smallest absolute Gasteiger partial charge is 0.101 e. The third-order valence-electron chi connectivity index (χ3n) is 3.12. The summed E-state index contributed by atoms with van der Waals surface area (Å²) in [6.07, 6.45) is 3.22. The zero-order valence-corrected chi connectivity index (χ0v) is 12.7. The third-order valence-corrected chi connectivity index (χ3v) is 4.07. The Morgan fingerprint density at radius 3 is 2.78 bits per heavy atom. The van der Waals surface area contributed by atoms with Crippen molar-refractivity contribution in [3.8, 4) is 6.07 Å². The molecule has 1 rings (SSSR count). The number of rotatable bonds is 6. The van der Waals surface area contributed by atoms with Crippen LogP contribution in [0.15, 0.2) is 18.2 Å². The minimum Gasteiger partial charge on any atom is -0.371 e. The molecule has 0 fully saturated rings. The monoisotopic (exact) mass is 282 g/mol. The fraction of sp³-hybridized carbons (Fsp3) is 0.500. The lowest BCUT2D eigenvalue weighted by molar-refractivity contribution is 0.669. The maximum Gasteiger partial charge on any atom is 0.101 e. The van der Waals surface area contributed by atoms with Gasteiger partial charge in [-0.15, -0.1) is 11.6 Å². The molecule has 1 aromatic carbocycles. The van der Waals surface area contributed by atoms with Gasteiger partial charge < -0.3 is 4.90 Å². The van der Waals surface area contributed by atoms with Crippen molar-refractivity contribution in [1.29, 1.82) is 5.26 Å². The summed E-state index contributed by atoms with van der Waals surface area (Å²) in [6, 6.07) is 8.53. The van der Waals surface area contributed by atoms with Gasteiger partial charge in [-0.1, -0.05) is 6.07 Å². The van der Waals surface area contributed by atoms with E-state index < -0.39 is 0 Å². The zero-order valence-electron chi connectivity index (χ0n) is 11.1. The van der Waals surface area contributed by atoms with Crippen molar-refractivity contribution in [2.24, 2.45) is 0 Å². The van der Waals surface area contributed by atoms with Crippen LogP contribution in [0.3, 0.4) is 0 Å². The van der Waals surface area contributed by atoms with Gasteiger partial charge in [0.15, 0.2) is 0 Å². The minimum atomic E-state index is 0.423. The first-order valence-corrected chi connectivity index (χ1v) is 7.87. The van der Waals surface area contributed by atoms with Crippen molar-refractivity contribution < 1.29 is 0 Å². The maximum atomic E-state index is 9.22. The van der Waals surface area contributed by atoms with Gasteiger partial charge in [0.05, 0.1) is 11.3 Å². The van der Waals surface area contributed by atoms with E-state index >= 15 is 0 Å². The van der Waals surface area contributed by atoms with E-state index in [1.54, 1.807) is 0 Å². The molecule has 0 saturated carbocycles. The number of halogens is 1. The van der Waals surface area contributed by atoms with E-state index in [0.717, 1.165) is 23.4 Å². The van der Waals surface area contributed by atoms with Crippen LogP contribution in [0.2, 0.25) is 0 Å². The Morgan fingerprint density at radius 2 is 2.22 bits per heavy atom. The van der Waals surface area contributed by atoms with Gasteiger partial charge in [0, 0.05) is 19.0 Å². The number of hydrogen-bond acceptors (Lipinski definition) is 3. The second kappa shape index (κ2) is 7.56. The largest absolute Gasteiger partial charge is 0.371 e. The van der Waals surface area contributed by atoms with Crippen molar-refractivity contribution in [1.82, 2.24) is 0 Å². The molecular formula is C14H19ClN2S. The van der Waals surface area contributed by atoms with Crippen molar-refractivity contribution in [2.45, 2.75) is 25.3 Å². The first kappa shape index (κ1) is 15.2. The van der Waals surface area contributed by atoms with E-state index in [4.69, 9.17) is 11.6 Å². The maximum absolute atomic E-state index is 9.22. The number of anilines is 1. The third kappa shape index (κ3) is 3.83. The van der Waals surface area contributed by atoms with Crippen molar-refractivity contribution in [3.63, 3.8) is 0 Å². The van der Waals surface area contributed by atoms with E-state index in [9.17, 15) is 5.26 Å². The molecule has 0 bridgehead atoms. The van der Waals surface area contributed by atoms with Gasteiger partial charge in [-0.05, 0) is 43.0 Å². The van der Waals surface area contributed by atoms with Crippen LogP contribution in [0.25, 0.3) is 0 Å². The van der Waals surface area contributed by atoms with Crippen LogP contribution in [0.1, 0.15) is 24.5 Å². The molecule has 2 nitrogen and oxygen atoms in total. The minimum absolute atomic E-state index is 0.423. The topological polar surface area (TPSA) is 27.0 Å². The van der Waals surface area contributed by atoms with Gasteiger partial charge in [0.2, 0.25) is 0 Å². The molecule has 1 aromatic rings. The molecule has 0 radical (unpaired) electrons. The molecule has 0 aliphatic rings. The predicted molar refractivity (Wildman–Crippen MR) is 81.6 cm³/mol. The lowest BCUT2D eigenvalue weighted by atomic mass is 10.1. The normalized spacial score (nSPS) is 11.9. The molecular weight excluding hydrogens is 264 g/mol. The summed E-state index contributed by atoms with van der Waals surface area (Å²) in [6.45, 7) is 2.19. The van der Waals surface area contributed by atoms with Gasteiger partial charge in [-0.3, -0.25) is 0 Å². The number of thioether (sulfide) groups is 1. The second-order valence-electron chi connectivity index (χ2n) is 4.34. The Bertz CT molecular complexity index is 428. The van der Waals surface area contributed by atoms with Crippen LogP contribution < -0.4 is 4.90 Å². The standard InChI is InChI=1S/C14H19ClN2S/c1-11(6-7-18-3)17(2)14-5-4-12(9-15)8-13(14)10-16/h4-5,8,11H,6-7,9H2,1-3H3. The summed E-state index contributed by atoms with van der Waals surface area (Å²) in [5, 5.41) is 9.22. The average molecular weight is 283 g/mol. The fourth-order valence-electron chi connectivity index (χ4n) is 1.78. The van der Waals surface area contributed by atoms with E-state index in [1.165, 1.54) is 0 Å². The Balaban J connectivity index is 2.91. The summed E-state index contributed by atoms with van der Waals surface area (Å²) in [5.74, 6) is 1.58. The summed E-state index contributed by atoms with van der Waals surface area (Å²) in [4.78, 5) is 2.17. The van der Waals surface area contributed by atoms with E-state index in [0.29, 0.717) is 17.5 Å². The van der Waals surface area contributed by atoms with Crippen LogP contribution >= 0.6 is 23.4 Å². The molecule has 0 aromatic heterocycles. The van der Waals surface area contributed by atoms with Crippen molar-refractivity contribution in [3.05, 3.63) is 29.3 Å². The van der Waals surface area contributed by atoms with Gasteiger partial charge in [0.1, 0.15) is 6.07 Å². The van der Waals surface area contributed by atoms with Crippen LogP contribution in [-0.2, 0) is 5.88 Å². The lowest BCUT2D eigenvalue weighted by Crippen LogP contribution is -2.30. The quantitative estimate of drug-likeness (QED) is 0.741. The average Bonchev–Trinajstić information content (AvgIpc) is 2.43. The number of hydrogen-bond donors (Lipinski definition) is 0. The molecule has 0 aliphatic heterocycles. The molecule has 0 heterocycles. The molecule has 1 unspecified atom stereocenters. The summed E-state index contributed by atoms with van der Waals surface area (Å²) in [7, 11) is 2.04. The molecule has 0 aliphatic carbocycles. The number of nitrogens with zero attached hydrogens (tertiary/aromatic N) is 2. The summed E-state index contributed by atoms with van der Waals surface area (Å²) in [5.41, 5.74) is 2.67. The van der Waals surface area contributed by atoms with Gasteiger partial charge in [-0.2, -0.15) is 17.0 Å². The molecule has 1 atom stereocenters.